The summed E-state index contributed by atoms with van der Waals surface area (Å²) in [5.74, 6) is 0.298. The Morgan fingerprint density at radius 2 is 1.92 bits per heavy atom. The molecule has 2 amide bonds. The van der Waals surface area contributed by atoms with Crippen LogP contribution >= 0.6 is 0 Å². The second kappa shape index (κ2) is 6.34. The van der Waals surface area contributed by atoms with Crippen molar-refractivity contribution in [1.82, 2.24) is 10.3 Å². The molecule has 2 aliphatic rings. The van der Waals surface area contributed by atoms with Gasteiger partial charge in [0.2, 0.25) is 5.91 Å². The number of nitrogen functional groups attached to an aromatic ring is 1. The molecule has 1 aromatic carbocycles. The second-order valence-corrected chi connectivity index (χ2v) is 8.00. The van der Waals surface area contributed by atoms with Crippen LogP contribution in [0.2, 0.25) is 0 Å². The quantitative estimate of drug-likeness (QED) is 0.675. The first kappa shape index (κ1) is 16.9. The highest BCUT2D eigenvalue weighted by atomic mass is 16.2. The molecule has 1 aromatic heterocycles. The highest BCUT2D eigenvalue weighted by Crippen LogP contribution is 2.37. The van der Waals surface area contributed by atoms with Crippen molar-refractivity contribution in [2.24, 2.45) is 5.41 Å². The van der Waals surface area contributed by atoms with E-state index in [0.29, 0.717) is 11.4 Å². The largest absolute Gasteiger partial charge is 0.385 e. The molecule has 138 valence electrons. The zero-order chi connectivity index (χ0) is 18.3. The van der Waals surface area contributed by atoms with Gasteiger partial charge in [-0.15, -0.1) is 0 Å². The number of anilines is 2. The van der Waals surface area contributed by atoms with Gasteiger partial charge in [0, 0.05) is 28.0 Å². The van der Waals surface area contributed by atoms with Crippen molar-refractivity contribution >= 4 is 34.2 Å². The van der Waals surface area contributed by atoms with E-state index in [9.17, 15) is 9.59 Å². The molecule has 0 saturated heterocycles. The smallest absolute Gasteiger partial charge is 0.255 e. The number of carbonyl (C=O) groups excluding carboxylic acids is 2. The van der Waals surface area contributed by atoms with Gasteiger partial charge in [0.15, 0.2) is 0 Å². The number of fused-ring (bicyclic) bond motifs is 1. The van der Waals surface area contributed by atoms with Crippen molar-refractivity contribution in [3.05, 3.63) is 23.8 Å². The summed E-state index contributed by atoms with van der Waals surface area (Å²) in [6, 6.07) is 5.82. The van der Waals surface area contributed by atoms with Gasteiger partial charge >= 0.3 is 0 Å². The van der Waals surface area contributed by atoms with Crippen LogP contribution in [0.25, 0.3) is 10.9 Å². The Kier molecular flexibility index (Phi) is 4.13. The third-order valence-corrected chi connectivity index (χ3v) is 5.73. The number of carbonyl (C=O) groups is 2. The average molecular weight is 354 g/mol. The molecule has 0 bridgehead atoms. The maximum Gasteiger partial charge on any atom is 0.255 e. The lowest BCUT2D eigenvalue weighted by atomic mass is 9.75. The van der Waals surface area contributed by atoms with Gasteiger partial charge < -0.3 is 21.4 Å². The molecule has 4 rings (SSSR count). The molecule has 0 atom stereocenters. The summed E-state index contributed by atoms with van der Waals surface area (Å²) >= 11 is 0. The van der Waals surface area contributed by atoms with Gasteiger partial charge in [-0.25, -0.2) is 0 Å². The summed E-state index contributed by atoms with van der Waals surface area (Å²) in [5.41, 5.74) is 7.72. The van der Waals surface area contributed by atoms with E-state index in [2.05, 4.69) is 15.6 Å². The maximum atomic E-state index is 12.7. The summed E-state index contributed by atoms with van der Waals surface area (Å²) in [6.45, 7) is 2.05. The van der Waals surface area contributed by atoms with Gasteiger partial charge in [-0.05, 0) is 43.9 Å². The molecule has 26 heavy (non-hydrogen) atoms. The number of benzene rings is 1. The molecule has 5 N–H and O–H groups in total. The summed E-state index contributed by atoms with van der Waals surface area (Å²) in [7, 11) is 0. The van der Waals surface area contributed by atoms with Crippen LogP contribution < -0.4 is 16.4 Å². The molecular weight excluding hydrogens is 328 g/mol. The molecular formula is C20H26N4O2. The van der Waals surface area contributed by atoms with Crippen LogP contribution in [0.5, 0.6) is 0 Å². The van der Waals surface area contributed by atoms with E-state index in [-0.39, 0.29) is 23.3 Å². The minimum atomic E-state index is -0.294. The van der Waals surface area contributed by atoms with E-state index in [0.717, 1.165) is 55.1 Å². The first-order valence-corrected chi connectivity index (χ1v) is 9.50. The number of amides is 2. The van der Waals surface area contributed by atoms with Gasteiger partial charge in [0.25, 0.3) is 5.91 Å². The molecule has 0 spiro atoms. The van der Waals surface area contributed by atoms with Gasteiger partial charge in [0.05, 0.1) is 5.56 Å². The molecule has 0 radical (unpaired) electrons. The van der Waals surface area contributed by atoms with E-state index >= 15 is 0 Å². The molecule has 2 fully saturated rings. The van der Waals surface area contributed by atoms with E-state index < -0.39 is 0 Å². The molecule has 0 unspecified atom stereocenters. The minimum absolute atomic E-state index is 0.0720. The number of nitrogens with one attached hydrogen (secondary N) is 3. The Balaban J connectivity index is 1.56. The first-order chi connectivity index (χ1) is 12.5. The number of nitrogens with two attached hydrogens (primary N) is 1. The molecule has 0 aliphatic heterocycles. The third-order valence-electron chi connectivity index (χ3n) is 5.73. The summed E-state index contributed by atoms with van der Waals surface area (Å²) < 4.78 is 0. The molecule has 6 nitrogen and oxygen atoms in total. The number of aromatic amines is 1. The number of hydrogen-bond donors (Lipinski definition) is 4. The minimum Gasteiger partial charge on any atom is -0.385 e. The second-order valence-electron chi connectivity index (χ2n) is 8.00. The SMILES string of the molecule is CC1(C(=O)Nc2ccc3c(C(=O)NC4CC4)c(N)[nH]c3c2)CCCCC1. The monoisotopic (exact) mass is 354 g/mol. The lowest BCUT2D eigenvalue weighted by molar-refractivity contribution is -0.126. The average Bonchev–Trinajstić information content (AvgIpc) is 3.35. The summed E-state index contributed by atoms with van der Waals surface area (Å²) in [5, 5.41) is 6.80. The van der Waals surface area contributed by atoms with Crippen LogP contribution in [0.4, 0.5) is 11.5 Å². The van der Waals surface area contributed by atoms with Crippen LogP contribution in [0.3, 0.4) is 0 Å². The van der Waals surface area contributed by atoms with Gasteiger partial charge in [-0.1, -0.05) is 26.2 Å². The topological polar surface area (TPSA) is 100 Å². The van der Waals surface area contributed by atoms with E-state index in [4.69, 9.17) is 5.73 Å². The lowest BCUT2D eigenvalue weighted by Gasteiger charge is -2.32. The zero-order valence-corrected chi connectivity index (χ0v) is 15.2. The number of H-pyrrole nitrogens is 1. The fourth-order valence-corrected chi connectivity index (χ4v) is 3.87. The van der Waals surface area contributed by atoms with Gasteiger partial charge in [-0.3, -0.25) is 9.59 Å². The van der Waals surface area contributed by atoms with Crippen molar-refractivity contribution in [1.29, 1.82) is 0 Å². The summed E-state index contributed by atoms with van der Waals surface area (Å²) in [6.07, 6.45) is 7.35. The Bertz CT molecular complexity index is 860. The van der Waals surface area contributed by atoms with Crippen LogP contribution in [0.1, 0.15) is 62.2 Å². The van der Waals surface area contributed by atoms with E-state index in [1.54, 1.807) is 0 Å². The predicted octanol–water partition coefficient (Wildman–Crippen LogP) is 3.55. The maximum absolute atomic E-state index is 12.7. The molecule has 1 heterocycles. The molecule has 2 saturated carbocycles. The Morgan fingerprint density at radius 1 is 1.19 bits per heavy atom. The van der Waals surface area contributed by atoms with Crippen LogP contribution in [-0.2, 0) is 4.79 Å². The van der Waals surface area contributed by atoms with E-state index in [1.165, 1.54) is 6.42 Å². The van der Waals surface area contributed by atoms with Gasteiger partial charge in [0.1, 0.15) is 5.82 Å². The van der Waals surface area contributed by atoms with Crippen LogP contribution in [0, 0.1) is 5.41 Å². The van der Waals surface area contributed by atoms with Crippen molar-refractivity contribution in [3.8, 4) is 0 Å². The van der Waals surface area contributed by atoms with Crippen molar-refractivity contribution in [3.63, 3.8) is 0 Å². The number of hydrogen-bond acceptors (Lipinski definition) is 3. The highest BCUT2D eigenvalue weighted by Gasteiger charge is 2.34. The van der Waals surface area contributed by atoms with Crippen molar-refractivity contribution < 1.29 is 9.59 Å². The first-order valence-electron chi connectivity index (χ1n) is 9.50. The highest BCUT2D eigenvalue weighted by molar-refractivity contribution is 6.12. The normalized spacial score (nSPS) is 19.3. The Morgan fingerprint density at radius 3 is 2.62 bits per heavy atom. The Labute approximate surface area is 152 Å². The fourth-order valence-electron chi connectivity index (χ4n) is 3.87. The van der Waals surface area contributed by atoms with Crippen LogP contribution in [-0.4, -0.2) is 22.8 Å². The van der Waals surface area contributed by atoms with Crippen molar-refractivity contribution in [2.75, 3.05) is 11.1 Å². The van der Waals surface area contributed by atoms with Gasteiger partial charge in [-0.2, -0.15) is 0 Å². The molecule has 2 aliphatic carbocycles. The van der Waals surface area contributed by atoms with Crippen molar-refractivity contribution in [2.45, 2.75) is 57.9 Å². The van der Waals surface area contributed by atoms with E-state index in [1.807, 2.05) is 25.1 Å². The Hall–Kier alpha value is -2.50. The third kappa shape index (κ3) is 3.16. The number of aromatic nitrogens is 1. The zero-order valence-electron chi connectivity index (χ0n) is 15.2. The molecule has 2 aromatic rings. The lowest BCUT2D eigenvalue weighted by Crippen LogP contribution is -2.35. The summed E-state index contributed by atoms with van der Waals surface area (Å²) in [4.78, 5) is 28.2. The molecule has 6 heteroatoms. The number of rotatable bonds is 4. The standard InChI is InChI=1S/C20H26N4O2/c1-20(9-3-2-4-10-20)19(26)23-13-7-8-14-15(11-13)24-17(21)16(14)18(25)22-12-5-6-12/h7-8,11-12,24H,2-6,9-10,21H2,1H3,(H,22,25)(H,23,26). The predicted molar refractivity (Wildman–Crippen MR) is 103 cm³/mol. The fraction of sp³-hybridized carbons (Fsp3) is 0.500. The van der Waals surface area contributed by atoms with Crippen LogP contribution in [0.15, 0.2) is 18.2 Å².